The van der Waals surface area contributed by atoms with Crippen molar-refractivity contribution < 1.29 is 0 Å². The lowest BCUT2D eigenvalue weighted by Gasteiger charge is -2.22. The molecule has 0 N–H and O–H groups in total. The summed E-state index contributed by atoms with van der Waals surface area (Å²) in [6.07, 6.45) is 8.13. The summed E-state index contributed by atoms with van der Waals surface area (Å²) in [5, 5.41) is 5.09. The second-order valence-electron chi connectivity index (χ2n) is 15.0. The van der Waals surface area contributed by atoms with Gasteiger partial charge in [-0.05, 0) is 100.0 Å². The van der Waals surface area contributed by atoms with E-state index in [1.807, 2.05) is 25.2 Å². The molecule has 0 saturated carbocycles. The SMILES string of the molecule is C=C(/C=C\C=C/C)c1ccc(-c2cccc(-n3c4ccccc4c4c5c6ccccc6n(-c6ccc7c(c6)C(C)(C)c6ccccc6-7)c5ccc43)c2)cc1. The van der Waals surface area contributed by atoms with Crippen LogP contribution >= 0.6 is 0 Å². The topological polar surface area (TPSA) is 9.86 Å². The smallest absolute Gasteiger partial charge is 0.0548 e. The first-order valence-electron chi connectivity index (χ1n) is 18.8. The van der Waals surface area contributed by atoms with Crippen molar-refractivity contribution in [3.63, 3.8) is 0 Å². The van der Waals surface area contributed by atoms with Crippen molar-refractivity contribution in [2.24, 2.45) is 0 Å². The number of aromatic nitrogens is 2. The van der Waals surface area contributed by atoms with Crippen LogP contribution in [0.5, 0.6) is 0 Å². The van der Waals surface area contributed by atoms with Gasteiger partial charge in [0.05, 0.1) is 22.1 Å². The van der Waals surface area contributed by atoms with Crippen molar-refractivity contribution in [1.29, 1.82) is 0 Å². The van der Waals surface area contributed by atoms with Gasteiger partial charge < -0.3 is 9.13 Å². The number of para-hydroxylation sites is 2. The summed E-state index contributed by atoms with van der Waals surface area (Å²) in [5.41, 5.74) is 17.0. The summed E-state index contributed by atoms with van der Waals surface area (Å²) in [7, 11) is 0. The molecule has 54 heavy (non-hydrogen) atoms. The van der Waals surface area contributed by atoms with E-state index in [1.54, 1.807) is 0 Å². The molecule has 1 aliphatic carbocycles. The molecule has 0 saturated heterocycles. The number of fused-ring (bicyclic) bond motifs is 10. The van der Waals surface area contributed by atoms with E-state index < -0.39 is 0 Å². The van der Waals surface area contributed by atoms with Gasteiger partial charge in [0.25, 0.3) is 0 Å². The van der Waals surface area contributed by atoms with Crippen LogP contribution in [-0.4, -0.2) is 9.13 Å². The Balaban J connectivity index is 1.15. The highest BCUT2D eigenvalue weighted by atomic mass is 15.0. The van der Waals surface area contributed by atoms with E-state index in [-0.39, 0.29) is 5.41 Å². The lowest BCUT2D eigenvalue weighted by atomic mass is 9.82. The van der Waals surface area contributed by atoms with Gasteiger partial charge in [-0.15, -0.1) is 0 Å². The van der Waals surface area contributed by atoms with Crippen molar-refractivity contribution >= 4 is 49.2 Å². The van der Waals surface area contributed by atoms with Gasteiger partial charge in [0.2, 0.25) is 0 Å². The maximum absolute atomic E-state index is 4.27. The van der Waals surface area contributed by atoms with Gasteiger partial charge in [0, 0.05) is 38.3 Å². The minimum atomic E-state index is -0.0735. The first-order valence-corrected chi connectivity index (χ1v) is 18.8. The molecule has 0 bridgehead atoms. The zero-order chi connectivity index (χ0) is 36.6. The number of rotatable bonds is 6. The fraction of sp³-hybridized carbons (Fsp3) is 0.0769. The van der Waals surface area contributed by atoms with E-state index in [4.69, 9.17) is 0 Å². The standard InChI is InChI=1S/C52H40N2/c1-5-6-7-15-34(2)35-24-26-36(27-25-35)37-16-14-17-38(32-37)53-46-22-12-9-19-42(46)50-48(53)30-31-49-51(50)43-20-10-13-23-47(43)54(49)39-28-29-41-40-18-8-11-21-44(40)52(3,4)45(41)33-39/h5-33H,2H2,1,3-4H3/b6-5-,15-7-. The molecule has 2 heteroatoms. The molecule has 7 aromatic carbocycles. The van der Waals surface area contributed by atoms with E-state index in [1.165, 1.54) is 82.7 Å². The van der Waals surface area contributed by atoms with E-state index >= 15 is 0 Å². The molecule has 0 amide bonds. The molecule has 2 nitrogen and oxygen atoms in total. The molecule has 0 fully saturated rings. The maximum atomic E-state index is 4.27. The first kappa shape index (κ1) is 32.0. The van der Waals surface area contributed by atoms with Crippen LogP contribution in [0.4, 0.5) is 0 Å². The van der Waals surface area contributed by atoms with Crippen LogP contribution < -0.4 is 0 Å². The molecule has 9 aromatic rings. The largest absolute Gasteiger partial charge is 0.309 e. The third-order valence-electron chi connectivity index (χ3n) is 11.6. The van der Waals surface area contributed by atoms with E-state index in [0.29, 0.717) is 0 Å². The number of allylic oxidation sites excluding steroid dienone is 5. The van der Waals surface area contributed by atoms with Gasteiger partial charge in [-0.25, -0.2) is 0 Å². The highest BCUT2D eigenvalue weighted by molar-refractivity contribution is 6.29. The summed E-state index contributed by atoms with van der Waals surface area (Å²) in [5.74, 6) is 0. The van der Waals surface area contributed by atoms with E-state index in [2.05, 4.69) is 187 Å². The van der Waals surface area contributed by atoms with Crippen LogP contribution in [0.25, 0.3) is 82.8 Å². The summed E-state index contributed by atoms with van der Waals surface area (Å²) in [4.78, 5) is 0. The molecule has 1 aliphatic rings. The molecule has 0 atom stereocenters. The number of hydrogen-bond donors (Lipinski definition) is 0. The Morgan fingerprint density at radius 3 is 1.81 bits per heavy atom. The third-order valence-corrected chi connectivity index (χ3v) is 11.6. The van der Waals surface area contributed by atoms with Gasteiger partial charge in [0.1, 0.15) is 0 Å². The predicted octanol–water partition coefficient (Wildman–Crippen LogP) is 14.0. The quantitative estimate of drug-likeness (QED) is 0.154. The first-order chi connectivity index (χ1) is 26.4. The van der Waals surface area contributed by atoms with Crippen molar-refractivity contribution in [3.8, 4) is 33.6 Å². The zero-order valence-electron chi connectivity index (χ0n) is 30.8. The Kier molecular flexibility index (Phi) is 7.25. The molecular formula is C52H40N2. The summed E-state index contributed by atoms with van der Waals surface area (Å²) in [6.45, 7) is 11.0. The van der Waals surface area contributed by atoms with Crippen LogP contribution in [0.1, 0.15) is 37.5 Å². The van der Waals surface area contributed by atoms with Crippen molar-refractivity contribution in [2.45, 2.75) is 26.2 Å². The predicted molar refractivity (Wildman–Crippen MR) is 231 cm³/mol. The summed E-state index contributed by atoms with van der Waals surface area (Å²) < 4.78 is 4.92. The molecule has 2 heterocycles. The number of hydrogen-bond acceptors (Lipinski definition) is 0. The van der Waals surface area contributed by atoms with E-state index in [9.17, 15) is 0 Å². The summed E-state index contributed by atoms with van der Waals surface area (Å²) in [6, 6.07) is 56.1. The monoisotopic (exact) mass is 692 g/mol. The minimum Gasteiger partial charge on any atom is -0.309 e. The van der Waals surface area contributed by atoms with Gasteiger partial charge in [-0.3, -0.25) is 0 Å². The molecular weight excluding hydrogens is 653 g/mol. The van der Waals surface area contributed by atoms with Crippen LogP contribution in [0.3, 0.4) is 0 Å². The zero-order valence-corrected chi connectivity index (χ0v) is 30.8. The van der Waals surface area contributed by atoms with Gasteiger partial charge in [0.15, 0.2) is 0 Å². The van der Waals surface area contributed by atoms with Gasteiger partial charge >= 0.3 is 0 Å². The molecule has 0 aliphatic heterocycles. The molecule has 0 unspecified atom stereocenters. The Labute approximate surface area is 316 Å². The maximum Gasteiger partial charge on any atom is 0.0548 e. The Morgan fingerprint density at radius 1 is 0.519 bits per heavy atom. The average molecular weight is 693 g/mol. The van der Waals surface area contributed by atoms with Gasteiger partial charge in [-0.2, -0.15) is 0 Å². The van der Waals surface area contributed by atoms with Crippen LogP contribution in [0.15, 0.2) is 183 Å². The van der Waals surface area contributed by atoms with Gasteiger partial charge in [-0.1, -0.05) is 148 Å². The Bertz CT molecular complexity index is 3030. The van der Waals surface area contributed by atoms with Crippen LogP contribution in [0.2, 0.25) is 0 Å². The fourth-order valence-electron chi connectivity index (χ4n) is 8.99. The van der Waals surface area contributed by atoms with Crippen molar-refractivity contribution in [1.82, 2.24) is 9.13 Å². The third kappa shape index (κ3) is 4.73. The van der Waals surface area contributed by atoms with Crippen LogP contribution in [-0.2, 0) is 5.41 Å². The Morgan fingerprint density at radius 2 is 1.13 bits per heavy atom. The minimum absolute atomic E-state index is 0.0735. The summed E-state index contributed by atoms with van der Waals surface area (Å²) >= 11 is 0. The van der Waals surface area contributed by atoms with Crippen LogP contribution in [0, 0.1) is 0 Å². The fourth-order valence-corrected chi connectivity index (χ4v) is 8.99. The highest BCUT2D eigenvalue weighted by Gasteiger charge is 2.35. The molecule has 258 valence electrons. The molecule has 10 rings (SSSR count). The molecule has 0 radical (unpaired) electrons. The number of benzene rings is 7. The second-order valence-corrected chi connectivity index (χ2v) is 15.0. The lowest BCUT2D eigenvalue weighted by molar-refractivity contribution is 0.660. The Hall–Kier alpha value is -6.64. The highest BCUT2D eigenvalue weighted by Crippen LogP contribution is 2.50. The van der Waals surface area contributed by atoms with Crippen molar-refractivity contribution in [2.75, 3.05) is 0 Å². The molecule has 0 spiro atoms. The normalized spacial score (nSPS) is 13.5. The van der Waals surface area contributed by atoms with Crippen molar-refractivity contribution in [3.05, 3.63) is 199 Å². The van der Waals surface area contributed by atoms with E-state index in [0.717, 1.165) is 16.8 Å². The molecule has 2 aromatic heterocycles. The average Bonchev–Trinajstić information content (AvgIpc) is 3.81. The second kappa shape index (κ2) is 12.2. The lowest BCUT2D eigenvalue weighted by Crippen LogP contribution is -2.15. The number of nitrogens with zero attached hydrogens (tertiary/aromatic N) is 2.